The maximum Gasteiger partial charge on any atom is 0.228 e. The van der Waals surface area contributed by atoms with Crippen LogP contribution >= 0.6 is 0 Å². The lowest BCUT2D eigenvalue weighted by Crippen LogP contribution is -2.44. The molecule has 0 spiro atoms. The molecule has 204 valence electrons. The molecule has 1 aliphatic heterocycles. The highest BCUT2D eigenvalue weighted by Crippen LogP contribution is 2.33. The Balaban J connectivity index is 1.28. The van der Waals surface area contributed by atoms with E-state index in [-0.39, 0.29) is 17.9 Å². The minimum absolute atomic E-state index is 0.117. The van der Waals surface area contributed by atoms with Crippen molar-refractivity contribution in [3.63, 3.8) is 0 Å². The average molecular weight is 532 g/mol. The third-order valence-corrected chi connectivity index (χ3v) is 6.69. The van der Waals surface area contributed by atoms with Crippen molar-refractivity contribution >= 4 is 22.5 Å². The van der Waals surface area contributed by atoms with Gasteiger partial charge in [0.1, 0.15) is 29.5 Å². The molecule has 0 bridgehead atoms. The Hall–Kier alpha value is -3.98. The van der Waals surface area contributed by atoms with Crippen LogP contribution in [0.15, 0.2) is 61.1 Å². The number of benzene rings is 2. The van der Waals surface area contributed by atoms with Crippen LogP contribution < -0.4 is 20.1 Å². The second-order valence-electron chi connectivity index (χ2n) is 10.9. The molecule has 39 heavy (non-hydrogen) atoms. The molecule has 1 saturated heterocycles. The van der Waals surface area contributed by atoms with Crippen LogP contribution in [0.2, 0.25) is 0 Å². The molecule has 3 heterocycles. The molecule has 1 amide bonds. The van der Waals surface area contributed by atoms with Gasteiger partial charge in [0.15, 0.2) is 0 Å². The SMILES string of the molecule is Cc1cc(CC(=O)Nc2cnn(C(C)(C)C)c2)ccc1Oc1ccnc2ccc(OC3CCNCC3F)cc12. The van der Waals surface area contributed by atoms with E-state index in [1.54, 1.807) is 18.5 Å². The van der Waals surface area contributed by atoms with Crippen LogP contribution in [-0.4, -0.2) is 46.0 Å². The van der Waals surface area contributed by atoms with E-state index in [0.29, 0.717) is 35.9 Å². The lowest BCUT2D eigenvalue weighted by molar-refractivity contribution is -0.115. The zero-order chi connectivity index (χ0) is 27.6. The molecular formula is C30H34FN5O3. The van der Waals surface area contributed by atoms with Crippen LogP contribution in [0.25, 0.3) is 10.9 Å². The van der Waals surface area contributed by atoms with Crippen molar-refractivity contribution in [2.75, 3.05) is 18.4 Å². The van der Waals surface area contributed by atoms with Crippen LogP contribution in [0.5, 0.6) is 17.2 Å². The number of amides is 1. The zero-order valence-corrected chi connectivity index (χ0v) is 22.7. The van der Waals surface area contributed by atoms with Gasteiger partial charge in [-0.1, -0.05) is 12.1 Å². The number of fused-ring (bicyclic) bond motifs is 1. The molecular weight excluding hydrogens is 497 g/mol. The van der Waals surface area contributed by atoms with Gasteiger partial charge in [0.2, 0.25) is 5.91 Å². The number of pyridine rings is 1. The second-order valence-corrected chi connectivity index (χ2v) is 10.9. The number of carbonyl (C=O) groups is 1. The number of halogens is 1. The molecule has 0 aliphatic carbocycles. The average Bonchev–Trinajstić information content (AvgIpc) is 3.36. The minimum atomic E-state index is -1.05. The summed E-state index contributed by atoms with van der Waals surface area (Å²) in [6, 6.07) is 13.0. The molecule has 1 fully saturated rings. The molecule has 0 radical (unpaired) electrons. The fourth-order valence-corrected chi connectivity index (χ4v) is 4.57. The van der Waals surface area contributed by atoms with Gasteiger partial charge < -0.3 is 20.1 Å². The third kappa shape index (κ3) is 6.37. The minimum Gasteiger partial charge on any atom is -0.487 e. The Bertz CT molecular complexity index is 1480. The second kappa shape index (κ2) is 11.0. The summed E-state index contributed by atoms with van der Waals surface area (Å²) in [5, 5.41) is 11.1. The van der Waals surface area contributed by atoms with E-state index in [4.69, 9.17) is 9.47 Å². The van der Waals surface area contributed by atoms with Gasteiger partial charge in [0.25, 0.3) is 0 Å². The predicted octanol–water partition coefficient (Wildman–Crippen LogP) is 5.55. The van der Waals surface area contributed by atoms with Crippen molar-refractivity contribution in [1.29, 1.82) is 0 Å². The quantitative estimate of drug-likeness (QED) is 0.325. The number of alkyl halides is 1. The lowest BCUT2D eigenvalue weighted by Gasteiger charge is -2.27. The number of nitrogens with one attached hydrogen (secondary N) is 2. The highest BCUT2D eigenvalue weighted by Gasteiger charge is 2.26. The summed E-state index contributed by atoms with van der Waals surface area (Å²) < 4.78 is 28.4. The number of carbonyl (C=O) groups excluding carboxylic acids is 1. The van der Waals surface area contributed by atoms with E-state index in [1.807, 2.05) is 54.2 Å². The van der Waals surface area contributed by atoms with Gasteiger partial charge in [-0.05, 0) is 82.1 Å². The first-order valence-electron chi connectivity index (χ1n) is 13.2. The maximum absolute atomic E-state index is 14.3. The van der Waals surface area contributed by atoms with Crippen LogP contribution in [-0.2, 0) is 16.8 Å². The van der Waals surface area contributed by atoms with Gasteiger partial charge in [-0.2, -0.15) is 5.10 Å². The summed E-state index contributed by atoms with van der Waals surface area (Å²) >= 11 is 0. The van der Waals surface area contributed by atoms with Gasteiger partial charge in [0.05, 0.1) is 29.4 Å². The summed E-state index contributed by atoms with van der Waals surface area (Å²) in [7, 11) is 0. The summed E-state index contributed by atoms with van der Waals surface area (Å²) in [5.74, 6) is 1.76. The van der Waals surface area contributed by atoms with Crippen molar-refractivity contribution in [2.45, 2.75) is 58.4 Å². The molecule has 1 aliphatic rings. The van der Waals surface area contributed by atoms with Gasteiger partial charge in [0, 0.05) is 24.3 Å². The lowest BCUT2D eigenvalue weighted by atomic mass is 10.1. The van der Waals surface area contributed by atoms with E-state index in [0.717, 1.165) is 28.6 Å². The smallest absolute Gasteiger partial charge is 0.228 e. The molecule has 2 N–H and O–H groups in total. The first kappa shape index (κ1) is 26.6. The van der Waals surface area contributed by atoms with Crippen LogP contribution in [0.3, 0.4) is 0 Å². The molecule has 2 atom stereocenters. The number of rotatable bonds is 7. The Kier molecular flexibility index (Phi) is 7.52. The highest BCUT2D eigenvalue weighted by molar-refractivity contribution is 5.92. The molecule has 2 unspecified atom stereocenters. The Morgan fingerprint density at radius 3 is 2.77 bits per heavy atom. The van der Waals surface area contributed by atoms with E-state index in [9.17, 15) is 9.18 Å². The Labute approximate surface area is 227 Å². The number of aromatic nitrogens is 3. The molecule has 4 aromatic rings. The monoisotopic (exact) mass is 531 g/mol. The Morgan fingerprint density at radius 2 is 2.03 bits per heavy atom. The molecule has 0 saturated carbocycles. The number of hydrogen-bond donors (Lipinski definition) is 2. The largest absolute Gasteiger partial charge is 0.487 e. The van der Waals surface area contributed by atoms with E-state index in [1.165, 1.54) is 0 Å². The van der Waals surface area contributed by atoms with Crippen molar-refractivity contribution in [3.05, 3.63) is 72.2 Å². The van der Waals surface area contributed by atoms with Crippen LogP contribution in [0.1, 0.15) is 38.3 Å². The van der Waals surface area contributed by atoms with Crippen LogP contribution in [0.4, 0.5) is 10.1 Å². The first-order chi connectivity index (χ1) is 18.7. The predicted molar refractivity (Wildman–Crippen MR) is 149 cm³/mol. The molecule has 2 aromatic heterocycles. The normalized spacial score (nSPS) is 17.7. The van der Waals surface area contributed by atoms with Crippen molar-refractivity contribution < 1.29 is 18.7 Å². The highest BCUT2D eigenvalue weighted by atomic mass is 19.1. The molecule has 2 aromatic carbocycles. The van der Waals surface area contributed by atoms with Gasteiger partial charge in [-0.25, -0.2) is 4.39 Å². The number of ether oxygens (including phenoxy) is 2. The van der Waals surface area contributed by atoms with Gasteiger partial charge >= 0.3 is 0 Å². The standard InChI is InChI=1S/C30H34FN5O3/c1-19-13-20(14-29(37)35-21-16-34-36(18-21)30(2,3)4)5-8-26(19)39-27-10-12-33-25-7-6-22(15-23(25)27)38-28-9-11-32-17-24(28)31/h5-8,10,12-13,15-16,18,24,28,32H,9,11,14,17H2,1-4H3,(H,35,37). The van der Waals surface area contributed by atoms with Gasteiger partial charge in [-0.15, -0.1) is 0 Å². The fraction of sp³-hybridized carbons (Fsp3) is 0.367. The molecule has 5 rings (SSSR count). The first-order valence-corrected chi connectivity index (χ1v) is 13.2. The third-order valence-electron chi connectivity index (χ3n) is 6.69. The Morgan fingerprint density at radius 1 is 1.18 bits per heavy atom. The number of hydrogen-bond acceptors (Lipinski definition) is 6. The van der Waals surface area contributed by atoms with Crippen molar-refractivity contribution in [2.24, 2.45) is 0 Å². The van der Waals surface area contributed by atoms with Crippen molar-refractivity contribution in [1.82, 2.24) is 20.1 Å². The summed E-state index contributed by atoms with van der Waals surface area (Å²) in [5.41, 5.74) is 3.03. The van der Waals surface area contributed by atoms with E-state index < -0.39 is 12.3 Å². The zero-order valence-electron chi connectivity index (χ0n) is 22.7. The van der Waals surface area contributed by atoms with Crippen LogP contribution in [0, 0.1) is 6.92 Å². The number of piperidine rings is 1. The maximum atomic E-state index is 14.3. The number of anilines is 1. The summed E-state index contributed by atoms with van der Waals surface area (Å²) in [6.07, 6.45) is 4.49. The van der Waals surface area contributed by atoms with Crippen molar-refractivity contribution in [3.8, 4) is 17.2 Å². The molecule has 8 nitrogen and oxygen atoms in total. The topological polar surface area (TPSA) is 90.3 Å². The summed E-state index contributed by atoms with van der Waals surface area (Å²) in [6.45, 7) is 9.13. The number of nitrogens with zero attached hydrogens (tertiary/aromatic N) is 3. The molecule has 9 heteroatoms. The van der Waals surface area contributed by atoms with E-state index >= 15 is 0 Å². The van der Waals surface area contributed by atoms with E-state index in [2.05, 4.69) is 41.5 Å². The van der Waals surface area contributed by atoms with Gasteiger partial charge in [-0.3, -0.25) is 14.5 Å². The fourth-order valence-electron chi connectivity index (χ4n) is 4.57. The number of aryl methyl sites for hydroxylation is 1. The summed E-state index contributed by atoms with van der Waals surface area (Å²) in [4.78, 5) is 17.1.